The van der Waals surface area contributed by atoms with E-state index in [1.807, 2.05) is 13.8 Å². The Morgan fingerprint density at radius 1 is 1.61 bits per heavy atom. The number of halogens is 1. The number of aromatic nitrogens is 2. The Hall–Kier alpha value is -1.07. The van der Waals surface area contributed by atoms with E-state index in [1.165, 1.54) is 0 Å². The lowest BCUT2D eigenvalue weighted by atomic mass is 10.1. The summed E-state index contributed by atoms with van der Waals surface area (Å²) in [7, 11) is 0. The zero-order valence-corrected chi connectivity index (χ0v) is 11.5. The van der Waals surface area contributed by atoms with Crippen LogP contribution in [0.1, 0.15) is 24.2 Å². The van der Waals surface area contributed by atoms with Gasteiger partial charge in [-0.25, -0.2) is 0 Å². The Balaban J connectivity index is 1.92. The van der Waals surface area contributed by atoms with Crippen molar-refractivity contribution in [2.75, 3.05) is 13.1 Å². The van der Waals surface area contributed by atoms with Crippen LogP contribution in [0.25, 0.3) is 0 Å². The Bertz CT molecular complexity index is 438. The molecule has 1 atom stereocenters. The lowest BCUT2D eigenvalue weighted by Gasteiger charge is -2.23. The smallest absolute Gasteiger partial charge is 0.242 e. The molecule has 1 amide bonds. The summed E-state index contributed by atoms with van der Waals surface area (Å²) in [6.07, 6.45) is 2.15. The van der Waals surface area contributed by atoms with Gasteiger partial charge in [0.25, 0.3) is 0 Å². The van der Waals surface area contributed by atoms with Crippen LogP contribution in [-0.2, 0) is 11.3 Å². The maximum absolute atomic E-state index is 11.9. The minimum absolute atomic E-state index is 0.00836. The summed E-state index contributed by atoms with van der Waals surface area (Å²) in [4.78, 5) is 11.9. The minimum atomic E-state index is -0.00836. The largest absolute Gasteiger partial charge is 0.350 e. The van der Waals surface area contributed by atoms with Crippen molar-refractivity contribution in [3.8, 4) is 0 Å². The van der Waals surface area contributed by atoms with E-state index >= 15 is 0 Å². The molecule has 1 aliphatic rings. The number of aryl methyl sites for hydroxylation is 1. The molecule has 6 heteroatoms. The molecule has 1 aromatic heterocycles. The van der Waals surface area contributed by atoms with Gasteiger partial charge in [-0.1, -0.05) is 11.6 Å². The first-order valence-electron chi connectivity index (χ1n) is 6.27. The van der Waals surface area contributed by atoms with Crippen LogP contribution in [0.5, 0.6) is 0 Å². The Labute approximate surface area is 112 Å². The molecule has 1 aliphatic heterocycles. The molecule has 2 heterocycles. The fraction of sp³-hybridized carbons (Fsp3) is 0.667. The van der Waals surface area contributed by atoms with Crippen LogP contribution in [0, 0.1) is 13.8 Å². The summed E-state index contributed by atoms with van der Waals surface area (Å²) in [5.74, 6) is -0.00836. The van der Waals surface area contributed by atoms with E-state index in [0.717, 1.165) is 37.3 Å². The van der Waals surface area contributed by atoms with Gasteiger partial charge in [0.15, 0.2) is 0 Å². The minimum Gasteiger partial charge on any atom is -0.350 e. The molecule has 0 saturated carbocycles. The molecule has 0 spiro atoms. The van der Waals surface area contributed by atoms with Crippen molar-refractivity contribution in [3.63, 3.8) is 0 Å². The molecular formula is C12H19ClN4O. The molecule has 0 aliphatic carbocycles. The van der Waals surface area contributed by atoms with E-state index in [0.29, 0.717) is 5.02 Å². The maximum atomic E-state index is 11.9. The summed E-state index contributed by atoms with van der Waals surface area (Å²) < 4.78 is 1.66. The van der Waals surface area contributed by atoms with Gasteiger partial charge in [-0.2, -0.15) is 5.10 Å². The Kier molecular flexibility index (Phi) is 4.24. The second kappa shape index (κ2) is 5.71. The van der Waals surface area contributed by atoms with E-state index in [-0.39, 0.29) is 18.5 Å². The molecule has 1 fully saturated rings. The molecule has 1 saturated heterocycles. The number of carbonyl (C=O) groups is 1. The first-order chi connectivity index (χ1) is 8.58. The topological polar surface area (TPSA) is 59.0 Å². The molecule has 0 aromatic carbocycles. The van der Waals surface area contributed by atoms with Crippen molar-refractivity contribution < 1.29 is 4.79 Å². The van der Waals surface area contributed by atoms with Crippen molar-refractivity contribution >= 4 is 17.5 Å². The highest BCUT2D eigenvalue weighted by Gasteiger charge is 2.17. The molecule has 0 radical (unpaired) electrons. The predicted octanol–water partition coefficient (Wildman–Crippen LogP) is 1.02. The van der Waals surface area contributed by atoms with Gasteiger partial charge in [0.2, 0.25) is 5.91 Å². The maximum Gasteiger partial charge on any atom is 0.242 e. The summed E-state index contributed by atoms with van der Waals surface area (Å²) in [6, 6.07) is 0.235. The van der Waals surface area contributed by atoms with Crippen LogP contribution in [0.3, 0.4) is 0 Å². The predicted molar refractivity (Wildman–Crippen MR) is 70.7 cm³/mol. The van der Waals surface area contributed by atoms with E-state index in [9.17, 15) is 4.79 Å². The highest BCUT2D eigenvalue weighted by Crippen LogP contribution is 2.18. The summed E-state index contributed by atoms with van der Waals surface area (Å²) in [6.45, 7) is 5.84. The number of carbonyl (C=O) groups excluding carboxylic acids is 1. The molecule has 18 heavy (non-hydrogen) atoms. The first-order valence-corrected chi connectivity index (χ1v) is 6.65. The van der Waals surface area contributed by atoms with Crippen LogP contribution in [0.2, 0.25) is 5.02 Å². The zero-order chi connectivity index (χ0) is 13.1. The van der Waals surface area contributed by atoms with Crippen molar-refractivity contribution in [3.05, 3.63) is 16.4 Å². The lowest BCUT2D eigenvalue weighted by molar-refractivity contribution is -0.122. The number of rotatable bonds is 3. The number of hydrogen-bond acceptors (Lipinski definition) is 3. The third-order valence-electron chi connectivity index (χ3n) is 3.25. The average molecular weight is 271 g/mol. The van der Waals surface area contributed by atoms with Gasteiger partial charge in [0, 0.05) is 12.6 Å². The van der Waals surface area contributed by atoms with Gasteiger partial charge in [0.05, 0.1) is 16.4 Å². The van der Waals surface area contributed by atoms with Gasteiger partial charge in [0.1, 0.15) is 6.54 Å². The van der Waals surface area contributed by atoms with Gasteiger partial charge in [-0.3, -0.25) is 9.48 Å². The molecule has 100 valence electrons. The summed E-state index contributed by atoms with van der Waals surface area (Å²) in [5.41, 5.74) is 1.60. The zero-order valence-electron chi connectivity index (χ0n) is 10.8. The molecule has 1 aromatic rings. The fourth-order valence-electron chi connectivity index (χ4n) is 2.21. The van der Waals surface area contributed by atoms with E-state index in [2.05, 4.69) is 15.7 Å². The number of piperidine rings is 1. The normalized spacial score (nSPS) is 19.8. The molecule has 5 nitrogen and oxygen atoms in total. The number of nitrogens with one attached hydrogen (secondary N) is 2. The van der Waals surface area contributed by atoms with E-state index < -0.39 is 0 Å². The Morgan fingerprint density at radius 2 is 2.39 bits per heavy atom. The third-order valence-corrected chi connectivity index (χ3v) is 3.80. The molecule has 0 bridgehead atoms. The third kappa shape index (κ3) is 3.03. The quantitative estimate of drug-likeness (QED) is 0.862. The highest BCUT2D eigenvalue weighted by atomic mass is 35.5. The molecule has 0 unspecified atom stereocenters. The van der Waals surface area contributed by atoms with Crippen LogP contribution < -0.4 is 10.6 Å². The standard InChI is InChI=1S/C12H19ClN4O/c1-8-12(13)9(2)17(16-8)7-11(18)15-10-4-3-5-14-6-10/h10,14H,3-7H2,1-2H3,(H,15,18)/t10-/m0/s1. The molecule has 2 rings (SSSR count). The average Bonchev–Trinajstić information content (AvgIpc) is 2.58. The van der Waals surface area contributed by atoms with Crippen LogP contribution in [0.4, 0.5) is 0 Å². The van der Waals surface area contributed by atoms with E-state index in [1.54, 1.807) is 4.68 Å². The fourth-order valence-corrected chi connectivity index (χ4v) is 2.35. The Morgan fingerprint density at radius 3 is 2.94 bits per heavy atom. The molecule has 2 N–H and O–H groups in total. The van der Waals surface area contributed by atoms with Crippen molar-refractivity contribution in [2.45, 2.75) is 39.3 Å². The first kappa shape index (κ1) is 13.4. The lowest BCUT2D eigenvalue weighted by Crippen LogP contribution is -2.46. The monoisotopic (exact) mass is 270 g/mol. The van der Waals surface area contributed by atoms with Gasteiger partial charge in [-0.15, -0.1) is 0 Å². The van der Waals surface area contributed by atoms with Crippen molar-refractivity contribution in [1.82, 2.24) is 20.4 Å². The van der Waals surface area contributed by atoms with Crippen LogP contribution in [-0.4, -0.2) is 34.8 Å². The van der Waals surface area contributed by atoms with Crippen molar-refractivity contribution in [1.29, 1.82) is 0 Å². The number of hydrogen-bond donors (Lipinski definition) is 2. The van der Waals surface area contributed by atoms with Crippen LogP contribution in [0.15, 0.2) is 0 Å². The van der Waals surface area contributed by atoms with Crippen molar-refractivity contribution in [2.24, 2.45) is 0 Å². The summed E-state index contributed by atoms with van der Waals surface area (Å²) in [5, 5.41) is 11.2. The molecular weight excluding hydrogens is 252 g/mol. The number of nitrogens with zero attached hydrogens (tertiary/aromatic N) is 2. The second-order valence-corrected chi connectivity index (χ2v) is 5.13. The number of amides is 1. The SMILES string of the molecule is Cc1nn(CC(=O)N[C@H]2CCCNC2)c(C)c1Cl. The highest BCUT2D eigenvalue weighted by molar-refractivity contribution is 6.31. The summed E-state index contributed by atoms with van der Waals surface area (Å²) >= 11 is 6.05. The van der Waals surface area contributed by atoms with Gasteiger partial charge < -0.3 is 10.6 Å². The van der Waals surface area contributed by atoms with Crippen LogP contribution >= 0.6 is 11.6 Å². The second-order valence-electron chi connectivity index (χ2n) is 4.75. The van der Waals surface area contributed by atoms with E-state index in [4.69, 9.17) is 11.6 Å². The van der Waals surface area contributed by atoms with Gasteiger partial charge >= 0.3 is 0 Å². The van der Waals surface area contributed by atoms with Gasteiger partial charge in [-0.05, 0) is 33.2 Å².